The van der Waals surface area contributed by atoms with Crippen LogP contribution in [0.4, 0.5) is 0 Å². The van der Waals surface area contributed by atoms with E-state index in [1.165, 1.54) is 12.0 Å². The molecule has 0 saturated heterocycles. The lowest BCUT2D eigenvalue weighted by Gasteiger charge is -2.33. The second-order valence-electron chi connectivity index (χ2n) is 10.5. The number of hydrogen-bond donors (Lipinski definition) is 1. The van der Waals surface area contributed by atoms with Crippen molar-refractivity contribution in [1.82, 2.24) is 10.2 Å². The minimum atomic E-state index is -0.563. The monoisotopic (exact) mass is 562 g/mol. The van der Waals surface area contributed by atoms with Crippen molar-refractivity contribution in [3.05, 3.63) is 101 Å². The molecular weight excluding hydrogens is 524 g/mol. The zero-order valence-corrected chi connectivity index (χ0v) is 24.4. The molecule has 0 aromatic heterocycles. The van der Waals surface area contributed by atoms with Gasteiger partial charge in [-0.25, -0.2) is 0 Å². The van der Waals surface area contributed by atoms with Crippen molar-refractivity contribution in [2.45, 2.75) is 81.8 Å². The van der Waals surface area contributed by atoms with Crippen LogP contribution in [0.5, 0.6) is 0 Å². The summed E-state index contributed by atoms with van der Waals surface area (Å²) in [5, 5.41) is 4.03. The Labute approximate surface area is 242 Å². The smallest absolute Gasteiger partial charge is 0.243 e. The van der Waals surface area contributed by atoms with Crippen molar-refractivity contribution >= 4 is 35.2 Å². The molecule has 0 heterocycles. The van der Waals surface area contributed by atoms with Gasteiger partial charge in [0.1, 0.15) is 6.04 Å². The van der Waals surface area contributed by atoms with Crippen molar-refractivity contribution in [2.24, 2.45) is 0 Å². The van der Waals surface area contributed by atoms with Gasteiger partial charge in [-0.15, -0.1) is 11.8 Å². The van der Waals surface area contributed by atoms with E-state index in [2.05, 4.69) is 36.5 Å². The number of carbonyl (C=O) groups is 2. The predicted octanol–water partition coefficient (Wildman–Crippen LogP) is 7.61. The Balaban J connectivity index is 1.51. The maximum Gasteiger partial charge on any atom is 0.243 e. The molecule has 1 saturated carbocycles. The number of hydrogen-bond acceptors (Lipinski definition) is 3. The molecule has 1 aliphatic carbocycles. The Morgan fingerprint density at radius 2 is 1.62 bits per heavy atom. The van der Waals surface area contributed by atoms with E-state index < -0.39 is 6.04 Å². The number of nitrogens with zero attached hydrogens (tertiary/aromatic N) is 1. The average Bonchev–Trinajstić information content (AvgIpc) is 2.96. The number of benzene rings is 3. The minimum absolute atomic E-state index is 0.0204. The molecule has 3 aromatic carbocycles. The Bertz CT molecular complexity index is 1180. The summed E-state index contributed by atoms with van der Waals surface area (Å²) in [6.07, 6.45) is 7.17. The molecule has 4 rings (SSSR count). The van der Waals surface area contributed by atoms with Crippen molar-refractivity contribution in [1.29, 1.82) is 0 Å². The van der Waals surface area contributed by atoms with Gasteiger partial charge in [0, 0.05) is 35.3 Å². The van der Waals surface area contributed by atoms with Crippen LogP contribution in [-0.2, 0) is 22.6 Å². The van der Waals surface area contributed by atoms with E-state index in [9.17, 15) is 9.59 Å². The summed E-state index contributed by atoms with van der Waals surface area (Å²) < 4.78 is 0. The van der Waals surface area contributed by atoms with E-state index in [0.29, 0.717) is 19.4 Å². The Hall–Kier alpha value is -2.76. The summed E-state index contributed by atoms with van der Waals surface area (Å²) in [6, 6.07) is 25.7. The minimum Gasteiger partial charge on any atom is -0.352 e. The van der Waals surface area contributed by atoms with E-state index in [-0.39, 0.29) is 17.9 Å². The molecule has 1 atom stereocenters. The molecule has 0 bridgehead atoms. The second kappa shape index (κ2) is 15.1. The average molecular weight is 563 g/mol. The predicted molar refractivity (Wildman–Crippen MR) is 162 cm³/mol. The third-order valence-corrected chi connectivity index (χ3v) is 8.66. The highest BCUT2D eigenvalue weighted by Gasteiger charge is 2.31. The number of nitrogens with one attached hydrogen (secondary N) is 1. The molecule has 1 aliphatic rings. The fourth-order valence-electron chi connectivity index (χ4n) is 5.08. The van der Waals surface area contributed by atoms with Gasteiger partial charge in [0.2, 0.25) is 11.8 Å². The SMILES string of the molecule is Cc1ccc(CN(C(=O)CCCSc2ccc(Cl)cc2)[C@@H](Cc2ccccc2)C(=O)NC2CCCCC2)cc1. The highest BCUT2D eigenvalue weighted by atomic mass is 35.5. The van der Waals surface area contributed by atoms with Crippen LogP contribution in [0, 0.1) is 6.92 Å². The van der Waals surface area contributed by atoms with E-state index in [1.54, 1.807) is 11.8 Å². The van der Waals surface area contributed by atoms with Crippen LogP contribution in [0.2, 0.25) is 5.02 Å². The van der Waals surface area contributed by atoms with E-state index in [4.69, 9.17) is 11.6 Å². The largest absolute Gasteiger partial charge is 0.352 e. The summed E-state index contributed by atoms with van der Waals surface area (Å²) in [7, 11) is 0. The number of halogens is 1. The van der Waals surface area contributed by atoms with Gasteiger partial charge in [0.05, 0.1) is 0 Å². The molecule has 4 nitrogen and oxygen atoms in total. The van der Waals surface area contributed by atoms with Crippen LogP contribution in [0.25, 0.3) is 0 Å². The van der Waals surface area contributed by atoms with Gasteiger partial charge in [-0.2, -0.15) is 0 Å². The zero-order valence-electron chi connectivity index (χ0n) is 22.8. The topological polar surface area (TPSA) is 49.4 Å². The maximum absolute atomic E-state index is 13.8. The lowest BCUT2D eigenvalue weighted by atomic mass is 9.94. The van der Waals surface area contributed by atoms with Gasteiger partial charge in [-0.1, -0.05) is 91.0 Å². The lowest BCUT2D eigenvalue weighted by Crippen LogP contribution is -2.52. The van der Waals surface area contributed by atoms with Gasteiger partial charge in [0.15, 0.2) is 0 Å². The molecule has 0 unspecified atom stereocenters. The van der Waals surface area contributed by atoms with Gasteiger partial charge in [-0.05, 0) is 67.3 Å². The van der Waals surface area contributed by atoms with Crippen LogP contribution in [-0.4, -0.2) is 34.6 Å². The first-order chi connectivity index (χ1) is 19.0. The molecular formula is C33H39ClN2O2S. The number of carbonyl (C=O) groups excluding carboxylic acids is 2. The molecule has 3 aromatic rings. The Kier molecular flexibility index (Phi) is 11.3. The highest BCUT2D eigenvalue weighted by molar-refractivity contribution is 7.99. The lowest BCUT2D eigenvalue weighted by molar-refractivity contribution is -0.141. The first kappa shape index (κ1) is 29.2. The standard InChI is InChI=1S/C33H39ClN2O2S/c1-25-14-16-27(17-15-25)24-36(32(37)13-8-22-39-30-20-18-28(34)19-21-30)31(23-26-9-4-2-5-10-26)33(38)35-29-11-6-3-7-12-29/h2,4-5,9-10,14-21,29,31H,3,6-8,11-13,22-24H2,1H3,(H,35,38)/t31-/m0/s1. The third kappa shape index (κ3) is 9.44. The van der Waals surface area contributed by atoms with E-state index in [1.807, 2.05) is 59.5 Å². The molecule has 0 radical (unpaired) electrons. The van der Waals surface area contributed by atoms with Gasteiger partial charge < -0.3 is 10.2 Å². The summed E-state index contributed by atoms with van der Waals surface area (Å²) >= 11 is 7.73. The summed E-state index contributed by atoms with van der Waals surface area (Å²) in [5.41, 5.74) is 3.26. The molecule has 0 spiro atoms. The van der Waals surface area contributed by atoms with E-state index >= 15 is 0 Å². The molecule has 0 aliphatic heterocycles. The van der Waals surface area contributed by atoms with Crippen molar-refractivity contribution in [3.63, 3.8) is 0 Å². The summed E-state index contributed by atoms with van der Waals surface area (Å²) in [6.45, 7) is 2.47. The Morgan fingerprint density at radius 3 is 2.31 bits per heavy atom. The van der Waals surface area contributed by atoms with E-state index in [0.717, 1.165) is 58.9 Å². The molecule has 39 heavy (non-hydrogen) atoms. The van der Waals surface area contributed by atoms with Crippen molar-refractivity contribution < 1.29 is 9.59 Å². The van der Waals surface area contributed by atoms with Crippen LogP contribution < -0.4 is 5.32 Å². The van der Waals surface area contributed by atoms with Gasteiger partial charge in [-0.3, -0.25) is 9.59 Å². The van der Waals surface area contributed by atoms with Crippen molar-refractivity contribution in [2.75, 3.05) is 5.75 Å². The first-order valence-electron chi connectivity index (χ1n) is 14.1. The maximum atomic E-state index is 13.8. The molecule has 1 N–H and O–H groups in total. The molecule has 2 amide bonds. The summed E-state index contributed by atoms with van der Waals surface area (Å²) in [4.78, 5) is 30.6. The third-order valence-electron chi connectivity index (χ3n) is 7.31. The second-order valence-corrected chi connectivity index (χ2v) is 12.1. The number of rotatable bonds is 12. The van der Waals surface area contributed by atoms with Crippen LogP contribution in [0.3, 0.4) is 0 Å². The highest BCUT2D eigenvalue weighted by Crippen LogP contribution is 2.23. The number of amides is 2. The van der Waals surface area contributed by atoms with Crippen LogP contribution in [0.15, 0.2) is 83.8 Å². The quantitative estimate of drug-likeness (QED) is 0.182. The molecule has 206 valence electrons. The van der Waals surface area contributed by atoms with Crippen LogP contribution in [0.1, 0.15) is 61.6 Å². The number of aryl methyl sites for hydroxylation is 1. The fraction of sp³-hybridized carbons (Fsp3) is 0.394. The normalized spacial score (nSPS) is 14.5. The zero-order chi connectivity index (χ0) is 27.5. The number of thioether (sulfide) groups is 1. The first-order valence-corrected chi connectivity index (χ1v) is 15.4. The summed E-state index contributed by atoms with van der Waals surface area (Å²) in [5.74, 6) is 0.803. The molecule has 1 fully saturated rings. The Morgan fingerprint density at radius 1 is 0.923 bits per heavy atom. The molecule has 6 heteroatoms. The van der Waals surface area contributed by atoms with Crippen molar-refractivity contribution in [3.8, 4) is 0 Å². The fourth-order valence-corrected chi connectivity index (χ4v) is 6.06. The van der Waals surface area contributed by atoms with Gasteiger partial charge >= 0.3 is 0 Å². The van der Waals surface area contributed by atoms with Gasteiger partial charge in [0.25, 0.3) is 0 Å². The van der Waals surface area contributed by atoms with Crippen LogP contribution >= 0.6 is 23.4 Å².